The summed E-state index contributed by atoms with van der Waals surface area (Å²) >= 11 is 0. The van der Waals surface area contributed by atoms with Crippen molar-refractivity contribution in [2.75, 3.05) is 13.7 Å². The number of hydrogen-bond acceptors (Lipinski definition) is 5. The van der Waals surface area contributed by atoms with E-state index in [2.05, 4.69) is 0 Å². The summed E-state index contributed by atoms with van der Waals surface area (Å²) in [5, 5.41) is 10.9. The minimum atomic E-state index is -0.587. The minimum Gasteiger partial charge on any atom is -0.496 e. The lowest BCUT2D eigenvalue weighted by molar-refractivity contribution is -0.386. The Morgan fingerprint density at radius 2 is 2.17 bits per heavy atom. The van der Waals surface area contributed by atoms with Gasteiger partial charge in [0.15, 0.2) is 6.29 Å². The first-order chi connectivity index (χ1) is 8.63. The topological polar surface area (TPSA) is 78.7 Å². The molecule has 0 aliphatic carbocycles. The zero-order valence-corrected chi connectivity index (χ0v) is 10.3. The van der Waals surface area contributed by atoms with Gasteiger partial charge in [0.25, 0.3) is 0 Å². The Hall–Kier alpha value is -2.11. The van der Waals surface area contributed by atoms with Gasteiger partial charge >= 0.3 is 5.69 Å². The molecular formula is C12H15NO5. The summed E-state index contributed by atoms with van der Waals surface area (Å²) in [7, 11) is 1.38. The number of unbranched alkanes of at least 4 members (excludes halogenated alkanes) is 1. The predicted octanol–water partition coefficient (Wildman–Crippen LogP) is 2.59. The third kappa shape index (κ3) is 3.19. The molecule has 0 bridgehead atoms. The summed E-state index contributed by atoms with van der Waals surface area (Å²) in [4.78, 5) is 21.3. The first-order valence-electron chi connectivity index (χ1n) is 5.58. The number of benzene rings is 1. The van der Waals surface area contributed by atoms with Gasteiger partial charge in [-0.2, -0.15) is 0 Å². The average molecular weight is 253 g/mol. The van der Waals surface area contributed by atoms with Crippen molar-refractivity contribution in [2.45, 2.75) is 19.8 Å². The van der Waals surface area contributed by atoms with Gasteiger partial charge in [-0.05, 0) is 12.5 Å². The second-order valence-electron chi connectivity index (χ2n) is 3.64. The van der Waals surface area contributed by atoms with Crippen LogP contribution in [0.25, 0.3) is 0 Å². The van der Waals surface area contributed by atoms with Gasteiger partial charge in [0, 0.05) is 0 Å². The van der Waals surface area contributed by atoms with E-state index in [1.54, 1.807) is 0 Å². The third-order valence-electron chi connectivity index (χ3n) is 2.38. The predicted molar refractivity (Wildman–Crippen MR) is 65.4 cm³/mol. The van der Waals surface area contributed by atoms with Crippen molar-refractivity contribution in [2.24, 2.45) is 0 Å². The van der Waals surface area contributed by atoms with E-state index in [1.807, 2.05) is 6.92 Å². The fraction of sp³-hybridized carbons (Fsp3) is 0.417. The van der Waals surface area contributed by atoms with Crippen molar-refractivity contribution in [3.05, 3.63) is 27.8 Å². The molecule has 1 aromatic rings. The van der Waals surface area contributed by atoms with Gasteiger partial charge in [-0.15, -0.1) is 0 Å². The molecule has 0 unspecified atom stereocenters. The van der Waals surface area contributed by atoms with Gasteiger partial charge in [0.05, 0.1) is 30.3 Å². The fourth-order valence-corrected chi connectivity index (χ4v) is 1.43. The molecule has 0 saturated heterocycles. The monoisotopic (exact) mass is 253 g/mol. The van der Waals surface area contributed by atoms with Gasteiger partial charge in [-0.25, -0.2) is 0 Å². The number of carbonyl (C=O) groups is 1. The van der Waals surface area contributed by atoms with Gasteiger partial charge < -0.3 is 9.47 Å². The lowest BCUT2D eigenvalue weighted by atomic mass is 10.1. The van der Waals surface area contributed by atoms with Gasteiger partial charge in [0.2, 0.25) is 5.75 Å². The molecule has 6 heteroatoms. The molecule has 0 spiro atoms. The largest absolute Gasteiger partial charge is 0.496 e. The number of ether oxygens (including phenoxy) is 2. The first-order valence-corrected chi connectivity index (χ1v) is 5.58. The highest BCUT2D eigenvalue weighted by atomic mass is 16.6. The molecule has 0 aliphatic rings. The molecule has 0 amide bonds. The van der Waals surface area contributed by atoms with Crippen LogP contribution in [0.1, 0.15) is 30.1 Å². The van der Waals surface area contributed by atoms with E-state index >= 15 is 0 Å². The van der Waals surface area contributed by atoms with Crippen molar-refractivity contribution < 1.29 is 19.2 Å². The SMILES string of the molecule is CCCCOc1c(C=O)cc(OC)cc1[N+](=O)[O-]. The molecular weight excluding hydrogens is 238 g/mol. The Morgan fingerprint density at radius 1 is 1.44 bits per heavy atom. The van der Waals surface area contributed by atoms with E-state index < -0.39 is 4.92 Å². The lowest BCUT2D eigenvalue weighted by Crippen LogP contribution is -2.04. The van der Waals surface area contributed by atoms with E-state index in [0.29, 0.717) is 12.9 Å². The van der Waals surface area contributed by atoms with Gasteiger partial charge in [-0.3, -0.25) is 14.9 Å². The van der Waals surface area contributed by atoms with Crippen molar-refractivity contribution in [3.63, 3.8) is 0 Å². The Morgan fingerprint density at radius 3 is 2.67 bits per heavy atom. The van der Waals surface area contributed by atoms with Crippen LogP contribution in [0.3, 0.4) is 0 Å². The number of nitro benzene ring substituents is 1. The van der Waals surface area contributed by atoms with E-state index in [4.69, 9.17) is 9.47 Å². The van der Waals surface area contributed by atoms with Crippen molar-refractivity contribution in [1.82, 2.24) is 0 Å². The van der Waals surface area contributed by atoms with E-state index in [9.17, 15) is 14.9 Å². The smallest absolute Gasteiger partial charge is 0.315 e. The average Bonchev–Trinajstić information content (AvgIpc) is 2.38. The Balaban J connectivity index is 3.17. The van der Waals surface area contributed by atoms with Crippen LogP contribution in [0.5, 0.6) is 11.5 Å². The molecule has 98 valence electrons. The van der Waals surface area contributed by atoms with Crippen LogP contribution < -0.4 is 9.47 Å². The summed E-state index contributed by atoms with van der Waals surface area (Å²) in [6, 6.07) is 2.66. The second-order valence-corrected chi connectivity index (χ2v) is 3.64. The standard InChI is InChI=1S/C12H15NO5/c1-3-4-5-18-12-9(8-14)6-10(17-2)7-11(12)13(15)16/h6-8H,3-5H2,1-2H3. The molecule has 6 nitrogen and oxygen atoms in total. The quantitative estimate of drug-likeness (QED) is 0.323. The Labute approximate surface area is 105 Å². The molecule has 0 aliphatic heterocycles. The van der Waals surface area contributed by atoms with Crippen LogP contribution >= 0.6 is 0 Å². The molecule has 18 heavy (non-hydrogen) atoms. The molecule has 0 saturated carbocycles. The molecule has 0 atom stereocenters. The lowest BCUT2D eigenvalue weighted by Gasteiger charge is -2.10. The van der Waals surface area contributed by atoms with Crippen LogP contribution in [0.2, 0.25) is 0 Å². The maximum atomic E-state index is 10.9. The van der Waals surface area contributed by atoms with Crippen LogP contribution in [-0.4, -0.2) is 24.9 Å². The number of carbonyl (C=O) groups excluding carboxylic acids is 1. The second kappa shape index (κ2) is 6.58. The number of aldehydes is 1. The number of methoxy groups -OCH3 is 1. The highest BCUT2D eigenvalue weighted by Crippen LogP contribution is 2.34. The molecule has 0 heterocycles. The Kier molecular flexibility index (Phi) is 5.10. The molecule has 0 aromatic heterocycles. The number of hydrogen-bond donors (Lipinski definition) is 0. The molecule has 0 radical (unpaired) electrons. The summed E-state index contributed by atoms with van der Waals surface area (Å²) in [6.45, 7) is 2.32. The molecule has 0 N–H and O–H groups in total. The number of rotatable bonds is 7. The van der Waals surface area contributed by atoms with Gasteiger partial charge in [-0.1, -0.05) is 13.3 Å². The summed E-state index contributed by atoms with van der Waals surface area (Å²) in [5.74, 6) is 0.260. The molecule has 1 rings (SSSR count). The molecule has 1 aromatic carbocycles. The number of nitro groups is 1. The van der Waals surface area contributed by atoms with E-state index in [0.717, 1.165) is 12.8 Å². The van der Waals surface area contributed by atoms with Crippen molar-refractivity contribution in [3.8, 4) is 11.5 Å². The maximum absolute atomic E-state index is 10.9. The van der Waals surface area contributed by atoms with Gasteiger partial charge in [0.1, 0.15) is 5.75 Å². The van der Waals surface area contributed by atoms with Crippen LogP contribution in [0.15, 0.2) is 12.1 Å². The Bertz CT molecular complexity index is 444. The summed E-state index contributed by atoms with van der Waals surface area (Å²) < 4.78 is 10.2. The van der Waals surface area contributed by atoms with E-state index in [1.165, 1.54) is 19.2 Å². The number of nitrogens with zero attached hydrogens (tertiary/aromatic N) is 1. The third-order valence-corrected chi connectivity index (χ3v) is 2.38. The normalized spacial score (nSPS) is 9.89. The van der Waals surface area contributed by atoms with Crippen LogP contribution in [-0.2, 0) is 0 Å². The van der Waals surface area contributed by atoms with E-state index in [-0.39, 0.29) is 22.7 Å². The highest BCUT2D eigenvalue weighted by Gasteiger charge is 2.21. The maximum Gasteiger partial charge on any atom is 0.315 e. The van der Waals surface area contributed by atoms with Crippen LogP contribution in [0.4, 0.5) is 5.69 Å². The summed E-state index contributed by atoms with van der Waals surface area (Å²) in [5.41, 5.74) is -0.135. The van der Waals surface area contributed by atoms with Crippen LogP contribution in [0, 0.1) is 10.1 Å². The highest BCUT2D eigenvalue weighted by molar-refractivity contribution is 5.83. The fourth-order valence-electron chi connectivity index (χ4n) is 1.43. The first kappa shape index (κ1) is 14.0. The van der Waals surface area contributed by atoms with Crippen molar-refractivity contribution >= 4 is 12.0 Å². The summed E-state index contributed by atoms with van der Waals surface area (Å²) in [6.07, 6.45) is 2.19. The molecule has 0 fully saturated rings. The zero-order valence-electron chi connectivity index (χ0n) is 10.3. The van der Waals surface area contributed by atoms with Crippen molar-refractivity contribution in [1.29, 1.82) is 0 Å². The zero-order chi connectivity index (χ0) is 13.5. The minimum absolute atomic E-state index is 0.00394.